The van der Waals surface area contributed by atoms with Gasteiger partial charge in [-0.2, -0.15) is 5.26 Å². The van der Waals surface area contributed by atoms with Crippen molar-refractivity contribution in [3.8, 4) is 11.8 Å². The van der Waals surface area contributed by atoms with Crippen molar-refractivity contribution in [2.45, 2.75) is 26.4 Å². The van der Waals surface area contributed by atoms with E-state index in [9.17, 15) is 5.11 Å². The van der Waals surface area contributed by atoms with Gasteiger partial charge in [-0.25, -0.2) is 0 Å². The van der Waals surface area contributed by atoms with E-state index in [2.05, 4.69) is 24.8 Å². The van der Waals surface area contributed by atoms with E-state index < -0.39 is 6.10 Å². The van der Waals surface area contributed by atoms with Crippen molar-refractivity contribution in [2.24, 2.45) is 5.92 Å². The number of nitriles is 1. The van der Waals surface area contributed by atoms with E-state index in [-0.39, 0.29) is 6.61 Å². The summed E-state index contributed by atoms with van der Waals surface area (Å²) in [5.41, 5.74) is 0. The van der Waals surface area contributed by atoms with Crippen molar-refractivity contribution in [3.05, 3.63) is 30.3 Å². The molecule has 20 heavy (non-hydrogen) atoms. The zero-order valence-electron chi connectivity index (χ0n) is 12.3. The van der Waals surface area contributed by atoms with E-state index in [1.165, 1.54) is 0 Å². The number of hydrogen-bond acceptors (Lipinski definition) is 4. The first-order valence-corrected chi connectivity index (χ1v) is 7.07. The van der Waals surface area contributed by atoms with Gasteiger partial charge in [0.25, 0.3) is 0 Å². The Morgan fingerprint density at radius 3 is 2.55 bits per heavy atom. The maximum absolute atomic E-state index is 10.0. The molecule has 0 heterocycles. The van der Waals surface area contributed by atoms with Crippen molar-refractivity contribution in [3.63, 3.8) is 0 Å². The zero-order valence-corrected chi connectivity index (χ0v) is 12.3. The summed E-state index contributed by atoms with van der Waals surface area (Å²) < 4.78 is 5.54. The van der Waals surface area contributed by atoms with Crippen molar-refractivity contribution in [1.29, 1.82) is 5.26 Å². The minimum atomic E-state index is -0.548. The lowest BCUT2D eigenvalue weighted by atomic mass is 10.2. The van der Waals surface area contributed by atoms with Gasteiger partial charge in [0.15, 0.2) is 0 Å². The smallest absolute Gasteiger partial charge is 0.119 e. The van der Waals surface area contributed by atoms with Crippen LogP contribution in [-0.2, 0) is 0 Å². The van der Waals surface area contributed by atoms with Gasteiger partial charge in [0.2, 0.25) is 0 Å². The Morgan fingerprint density at radius 1 is 1.25 bits per heavy atom. The summed E-state index contributed by atoms with van der Waals surface area (Å²) in [7, 11) is 0. The maximum atomic E-state index is 10.0. The second-order valence-corrected chi connectivity index (χ2v) is 5.34. The maximum Gasteiger partial charge on any atom is 0.119 e. The van der Waals surface area contributed by atoms with Gasteiger partial charge in [-0.3, -0.25) is 4.90 Å². The number of nitrogens with zero attached hydrogens (tertiary/aromatic N) is 2. The van der Waals surface area contributed by atoms with Gasteiger partial charge < -0.3 is 9.84 Å². The number of ether oxygens (including phenoxy) is 1. The highest BCUT2D eigenvalue weighted by atomic mass is 16.5. The molecule has 1 unspecified atom stereocenters. The molecule has 1 aromatic carbocycles. The van der Waals surface area contributed by atoms with Crippen LogP contribution in [0.2, 0.25) is 0 Å². The average Bonchev–Trinajstić information content (AvgIpc) is 2.43. The Labute approximate surface area is 121 Å². The first-order valence-electron chi connectivity index (χ1n) is 7.07. The third-order valence-electron chi connectivity index (χ3n) is 2.82. The monoisotopic (exact) mass is 276 g/mol. The predicted molar refractivity (Wildman–Crippen MR) is 79.5 cm³/mol. The fourth-order valence-electron chi connectivity index (χ4n) is 2.04. The van der Waals surface area contributed by atoms with Crippen molar-refractivity contribution >= 4 is 0 Å². The molecular weight excluding hydrogens is 252 g/mol. The molecule has 1 N–H and O–H groups in total. The van der Waals surface area contributed by atoms with Gasteiger partial charge in [-0.15, -0.1) is 0 Å². The SMILES string of the molecule is CC(C)CN(CCC#N)CC(O)COc1ccccc1. The summed E-state index contributed by atoms with van der Waals surface area (Å²) in [5, 5.41) is 18.7. The minimum absolute atomic E-state index is 0.269. The van der Waals surface area contributed by atoms with Gasteiger partial charge in [-0.05, 0) is 18.1 Å². The van der Waals surface area contributed by atoms with Crippen molar-refractivity contribution in [1.82, 2.24) is 4.90 Å². The van der Waals surface area contributed by atoms with Gasteiger partial charge in [0.05, 0.1) is 6.07 Å². The summed E-state index contributed by atoms with van der Waals surface area (Å²) in [6, 6.07) is 11.6. The number of benzene rings is 1. The molecule has 0 aliphatic carbocycles. The fraction of sp³-hybridized carbons (Fsp3) is 0.562. The van der Waals surface area contributed by atoms with E-state index in [4.69, 9.17) is 10.00 Å². The Hall–Kier alpha value is -1.57. The number of aliphatic hydroxyl groups is 1. The lowest BCUT2D eigenvalue weighted by Crippen LogP contribution is -2.38. The minimum Gasteiger partial charge on any atom is -0.491 e. The van der Waals surface area contributed by atoms with Gasteiger partial charge in [0.1, 0.15) is 18.5 Å². The van der Waals surface area contributed by atoms with Crippen LogP contribution in [-0.4, -0.2) is 42.4 Å². The highest BCUT2D eigenvalue weighted by Gasteiger charge is 2.13. The fourth-order valence-corrected chi connectivity index (χ4v) is 2.04. The lowest BCUT2D eigenvalue weighted by Gasteiger charge is -2.25. The first-order chi connectivity index (χ1) is 9.61. The van der Waals surface area contributed by atoms with Crippen molar-refractivity contribution in [2.75, 3.05) is 26.2 Å². The van der Waals surface area contributed by atoms with Crippen LogP contribution in [0.5, 0.6) is 5.75 Å². The van der Waals surface area contributed by atoms with Crippen LogP contribution in [0, 0.1) is 17.2 Å². The third-order valence-corrected chi connectivity index (χ3v) is 2.82. The largest absolute Gasteiger partial charge is 0.491 e. The molecule has 0 aliphatic heterocycles. The second kappa shape index (κ2) is 9.35. The normalized spacial score (nSPS) is 12.4. The number of aliphatic hydroxyl groups excluding tert-OH is 1. The van der Waals surface area contributed by atoms with E-state index in [0.29, 0.717) is 25.4 Å². The Morgan fingerprint density at radius 2 is 1.95 bits per heavy atom. The summed E-state index contributed by atoms with van der Waals surface area (Å²) in [5.74, 6) is 1.27. The molecule has 0 fully saturated rings. The molecule has 4 nitrogen and oxygen atoms in total. The number of rotatable bonds is 9. The summed E-state index contributed by atoms with van der Waals surface area (Å²) in [6.07, 6.45) is -0.0634. The predicted octanol–water partition coefficient (Wildman–Crippen LogP) is 2.30. The molecular formula is C16H24N2O2. The van der Waals surface area contributed by atoms with Gasteiger partial charge in [0, 0.05) is 26.1 Å². The molecule has 0 radical (unpaired) electrons. The molecule has 0 saturated carbocycles. The van der Waals surface area contributed by atoms with Crippen LogP contribution in [0.4, 0.5) is 0 Å². The Kier molecular flexibility index (Phi) is 7.71. The molecule has 1 aromatic rings. The molecule has 1 atom stereocenters. The second-order valence-electron chi connectivity index (χ2n) is 5.34. The average molecular weight is 276 g/mol. The Bertz CT molecular complexity index is 401. The zero-order chi connectivity index (χ0) is 14.8. The number of para-hydroxylation sites is 1. The Balaban J connectivity index is 2.36. The summed E-state index contributed by atoms with van der Waals surface area (Å²) in [6.45, 7) is 6.64. The molecule has 1 rings (SSSR count). The van der Waals surface area contributed by atoms with E-state index >= 15 is 0 Å². The third kappa shape index (κ3) is 7.13. The van der Waals surface area contributed by atoms with Gasteiger partial charge >= 0.3 is 0 Å². The molecule has 0 saturated heterocycles. The molecule has 0 amide bonds. The van der Waals surface area contributed by atoms with Crippen molar-refractivity contribution < 1.29 is 9.84 Å². The molecule has 110 valence electrons. The molecule has 0 aliphatic rings. The molecule has 0 spiro atoms. The number of hydrogen-bond donors (Lipinski definition) is 1. The highest BCUT2D eigenvalue weighted by molar-refractivity contribution is 5.20. The molecule has 0 aromatic heterocycles. The van der Waals surface area contributed by atoms with Crippen LogP contribution in [0.15, 0.2) is 30.3 Å². The quantitative estimate of drug-likeness (QED) is 0.752. The van der Waals surface area contributed by atoms with Crippen LogP contribution in [0.3, 0.4) is 0 Å². The van der Waals surface area contributed by atoms with Crippen LogP contribution >= 0.6 is 0 Å². The van der Waals surface area contributed by atoms with E-state index in [1.807, 2.05) is 30.3 Å². The lowest BCUT2D eigenvalue weighted by molar-refractivity contribution is 0.0650. The van der Waals surface area contributed by atoms with Gasteiger partial charge in [-0.1, -0.05) is 32.0 Å². The van der Waals surface area contributed by atoms with Crippen LogP contribution in [0.25, 0.3) is 0 Å². The van der Waals surface area contributed by atoms with Crippen LogP contribution < -0.4 is 4.74 Å². The standard InChI is InChI=1S/C16H24N2O2/c1-14(2)11-18(10-6-9-17)12-15(19)13-20-16-7-4-3-5-8-16/h3-5,7-8,14-15,19H,6,10-13H2,1-2H3. The molecule has 0 bridgehead atoms. The van der Waals surface area contributed by atoms with E-state index in [0.717, 1.165) is 12.3 Å². The van der Waals surface area contributed by atoms with E-state index in [1.54, 1.807) is 0 Å². The topological polar surface area (TPSA) is 56.5 Å². The summed E-state index contributed by atoms with van der Waals surface area (Å²) >= 11 is 0. The first kappa shape index (κ1) is 16.5. The van der Waals surface area contributed by atoms with Crippen LogP contribution in [0.1, 0.15) is 20.3 Å². The molecule has 4 heteroatoms. The highest BCUT2D eigenvalue weighted by Crippen LogP contribution is 2.09. The summed E-state index contributed by atoms with van der Waals surface area (Å²) in [4.78, 5) is 2.12.